The average Bonchev–Trinajstić information content (AvgIpc) is 3.03. The van der Waals surface area contributed by atoms with E-state index in [1.54, 1.807) is 13.1 Å². The summed E-state index contributed by atoms with van der Waals surface area (Å²) in [6, 6.07) is 10.2. The molecule has 0 bridgehead atoms. The van der Waals surface area contributed by atoms with E-state index >= 15 is 0 Å². The van der Waals surface area contributed by atoms with E-state index in [1.165, 1.54) is 21.0 Å². The molecule has 3 aromatic rings. The Balaban J connectivity index is 1.54. The van der Waals surface area contributed by atoms with Crippen LogP contribution in [0.15, 0.2) is 50.5 Å². The van der Waals surface area contributed by atoms with Crippen molar-refractivity contribution in [3.8, 4) is 0 Å². The van der Waals surface area contributed by atoms with E-state index in [1.807, 2.05) is 32.0 Å². The first-order chi connectivity index (χ1) is 14.7. The van der Waals surface area contributed by atoms with Gasteiger partial charge in [0.25, 0.3) is 0 Å². The van der Waals surface area contributed by atoms with Crippen LogP contribution in [0.1, 0.15) is 24.0 Å². The van der Waals surface area contributed by atoms with Gasteiger partial charge < -0.3 is 9.73 Å². The topological polar surface area (TPSA) is 102 Å². The zero-order valence-corrected chi connectivity index (χ0v) is 18.5. The molecule has 0 spiro atoms. The maximum absolute atomic E-state index is 13.2. The number of amides is 1. The first-order valence-electron chi connectivity index (χ1n) is 10.1. The summed E-state index contributed by atoms with van der Waals surface area (Å²) in [5.74, 6) is -1.18. The van der Waals surface area contributed by atoms with E-state index < -0.39 is 21.7 Å². The summed E-state index contributed by atoms with van der Waals surface area (Å²) in [6.45, 7) is 4.36. The molecule has 4 rings (SSSR count). The molecule has 1 aliphatic rings. The highest BCUT2D eigenvalue weighted by atomic mass is 32.2. The molecular weight excluding hydrogens is 418 g/mol. The van der Waals surface area contributed by atoms with Crippen LogP contribution in [0, 0.1) is 19.8 Å². The molecular formula is C22H25N3O5S. The third-order valence-electron chi connectivity index (χ3n) is 5.80. The molecule has 1 fully saturated rings. The van der Waals surface area contributed by atoms with E-state index in [9.17, 15) is 18.0 Å². The number of aromatic nitrogens is 1. The Bertz CT molecular complexity index is 1320. The van der Waals surface area contributed by atoms with Gasteiger partial charge in [0.15, 0.2) is 5.58 Å². The molecule has 2 aromatic carbocycles. The Hall–Kier alpha value is -2.91. The third kappa shape index (κ3) is 4.03. The molecule has 1 saturated heterocycles. The van der Waals surface area contributed by atoms with Gasteiger partial charge in [0.05, 0.1) is 16.3 Å². The van der Waals surface area contributed by atoms with Gasteiger partial charge in [-0.2, -0.15) is 4.31 Å². The molecule has 0 radical (unpaired) electrons. The monoisotopic (exact) mass is 443 g/mol. The number of sulfonamides is 1. The molecule has 1 atom stereocenters. The number of hydrogen-bond donors (Lipinski definition) is 1. The minimum Gasteiger partial charge on any atom is -0.408 e. The first-order valence-corrected chi connectivity index (χ1v) is 11.6. The van der Waals surface area contributed by atoms with Gasteiger partial charge in [0, 0.05) is 31.9 Å². The van der Waals surface area contributed by atoms with Gasteiger partial charge in [0.1, 0.15) is 0 Å². The summed E-state index contributed by atoms with van der Waals surface area (Å²) in [6.07, 6.45) is 1.21. The number of anilines is 1. The quantitative estimate of drug-likeness (QED) is 0.668. The maximum atomic E-state index is 13.2. The fourth-order valence-corrected chi connectivity index (χ4v) is 5.53. The molecule has 1 aromatic heterocycles. The summed E-state index contributed by atoms with van der Waals surface area (Å²) < 4.78 is 34.2. The highest BCUT2D eigenvalue weighted by Crippen LogP contribution is 2.27. The lowest BCUT2D eigenvalue weighted by molar-refractivity contribution is -0.120. The Labute approximate surface area is 180 Å². The molecule has 1 amide bonds. The van der Waals surface area contributed by atoms with Crippen molar-refractivity contribution >= 4 is 32.7 Å². The van der Waals surface area contributed by atoms with Crippen LogP contribution in [-0.4, -0.2) is 36.3 Å². The first kappa shape index (κ1) is 21.3. The lowest BCUT2D eigenvalue weighted by Gasteiger charge is -2.31. The van der Waals surface area contributed by atoms with Crippen LogP contribution in [0.2, 0.25) is 0 Å². The predicted octanol–water partition coefficient (Wildman–Crippen LogP) is 2.79. The molecule has 31 heavy (non-hydrogen) atoms. The Morgan fingerprint density at radius 3 is 2.68 bits per heavy atom. The Morgan fingerprint density at radius 1 is 1.16 bits per heavy atom. The molecule has 164 valence electrons. The predicted molar refractivity (Wildman–Crippen MR) is 117 cm³/mol. The summed E-state index contributed by atoms with van der Waals surface area (Å²) in [5, 5.41) is 2.94. The second-order valence-electron chi connectivity index (χ2n) is 8.07. The van der Waals surface area contributed by atoms with Gasteiger partial charge in [-0.15, -0.1) is 0 Å². The molecule has 0 saturated carbocycles. The number of fused-ring (bicyclic) bond motifs is 1. The Morgan fingerprint density at radius 2 is 1.94 bits per heavy atom. The smallest absolute Gasteiger partial charge is 0.408 e. The zero-order chi connectivity index (χ0) is 22.3. The minimum absolute atomic E-state index is 0.0461. The zero-order valence-electron chi connectivity index (χ0n) is 17.7. The van der Waals surface area contributed by atoms with Gasteiger partial charge >= 0.3 is 5.76 Å². The van der Waals surface area contributed by atoms with Crippen LogP contribution < -0.4 is 11.1 Å². The van der Waals surface area contributed by atoms with Gasteiger partial charge in [-0.05, 0) is 50.5 Å². The third-order valence-corrected chi connectivity index (χ3v) is 7.66. The van der Waals surface area contributed by atoms with Crippen LogP contribution in [-0.2, 0) is 21.9 Å². The summed E-state index contributed by atoms with van der Waals surface area (Å²) in [5.41, 5.74) is 3.55. The van der Waals surface area contributed by atoms with Gasteiger partial charge in [-0.1, -0.05) is 17.7 Å². The van der Waals surface area contributed by atoms with Crippen molar-refractivity contribution in [1.82, 2.24) is 8.87 Å². The molecule has 1 N–H and O–H groups in total. The summed E-state index contributed by atoms with van der Waals surface area (Å²) in [4.78, 5) is 24.6. The fraction of sp³-hybridized carbons (Fsp3) is 0.364. The average molecular weight is 444 g/mol. The SMILES string of the molecule is Cc1ccc(NC(=O)C2CCCN(S(=O)(=O)c3ccc4c(c3)oc(=O)n4C)C2)c(C)c1. The van der Waals surface area contributed by atoms with Gasteiger partial charge in [-0.25, -0.2) is 13.2 Å². The Kier molecular flexibility index (Phi) is 5.49. The number of benzene rings is 2. The summed E-state index contributed by atoms with van der Waals surface area (Å²) in [7, 11) is -2.27. The van der Waals surface area contributed by atoms with Crippen molar-refractivity contribution in [2.75, 3.05) is 18.4 Å². The van der Waals surface area contributed by atoms with Crippen LogP contribution in [0.3, 0.4) is 0 Å². The molecule has 9 heteroatoms. The molecule has 1 unspecified atom stereocenters. The number of hydrogen-bond acceptors (Lipinski definition) is 5. The number of aryl methyl sites for hydroxylation is 3. The molecule has 0 aliphatic carbocycles. The van der Waals surface area contributed by atoms with E-state index in [4.69, 9.17) is 4.42 Å². The summed E-state index contributed by atoms with van der Waals surface area (Å²) >= 11 is 0. The van der Waals surface area contributed by atoms with Crippen LogP contribution in [0.5, 0.6) is 0 Å². The van der Waals surface area contributed by atoms with Crippen molar-refractivity contribution in [2.45, 2.75) is 31.6 Å². The minimum atomic E-state index is -3.83. The number of oxazole rings is 1. The van der Waals surface area contributed by atoms with Gasteiger partial charge in [0.2, 0.25) is 15.9 Å². The highest BCUT2D eigenvalue weighted by molar-refractivity contribution is 7.89. The number of rotatable bonds is 4. The number of carbonyl (C=O) groups is 1. The largest absolute Gasteiger partial charge is 0.419 e. The number of nitrogens with one attached hydrogen (secondary N) is 1. The van der Waals surface area contributed by atoms with Gasteiger partial charge in [-0.3, -0.25) is 9.36 Å². The fourth-order valence-electron chi connectivity index (χ4n) is 3.99. The van der Waals surface area contributed by atoms with Crippen molar-refractivity contribution < 1.29 is 17.6 Å². The van der Waals surface area contributed by atoms with Crippen LogP contribution in [0.4, 0.5) is 5.69 Å². The van der Waals surface area contributed by atoms with Crippen molar-refractivity contribution in [2.24, 2.45) is 13.0 Å². The second kappa shape index (κ2) is 7.97. The number of piperidine rings is 1. The van der Waals surface area contributed by atoms with E-state index in [0.29, 0.717) is 24.9 Å². The van der Waals surface area contributed by atoms with Crippen LogP contribution in [0.25, 0.3) is 11.1 Å². The van der Waals surface area contributed by atoms with Crippen LogP contribution >= 0.6 is 0 Å². The molecule has 2 heterocycles. The van der Waals surface area contributed by atoms with Crippen molar-refractivity contribution in [3.05, 3.63) is 58.1 Å². The van der Waals surface area contributed by atoms with Crippen molar-refractivity contribution in [3.63, 3.8) is 0 Å². The maximum Gasteiger partial charge on any atom is 0.419 e. The second-order valence-corrected chi connectivity index (χ2v) is 10.0. The van der Waals surface area contributed by atoms with Crippen molar-refractivity contribution in [1.29, 1.82) is 0 Å². The number of nitrogens with zero attached hydrogens (tertiary/aromatic N) is 2. The molecule has 8 nitrogen and oxygen atoms in total. The lowest BCUT2D eigenvalue weighted by atomic mass is 9.98. The van der Waals surface area contributed by atoms with E-state index in [-0.39, 0.29) is 22.9 Å². The highest BCUT2D eigenvalue weighted by Gasteiger charge is 2.33. The normalized spacial score (nSPS) is 17.7. The van der Waals surface area contributed by atoms with E-state index in [0.717, 1.165) is 16.8 Å². The van der Waals surface area contributed by atoms with E-state index in [2.05, 4.69) is 5.32 Å². The standard InChI is InChI=1S/C22H25N3O5S/c1-14-6-8-18(15(2)11-14)23-21(26)16-5-4-10-25(13-16)31(28,29)17-7-9-19-20(12-17)30-22(27)24(19)3/h6-9,11-12,16H,4-5,10,13H2,1-3H3,(H,23,26). The lowest BCUT2D eigenvalue weighted by Crippen LogP contribution is -2.43. The molecule has 1 aliphatic heterocycles. The number of carbonyl (C=O) groups excluding carboxylic acids is 1.